The molecule has 0 aliphatic rings. The van der Waals surface area contributed by atoms with Crippen molar-refractivity contribution in [2.24, 2.45) is 10.8 Å². The van der Waals surface area contributed by atoms with Crippen LogP contribution in [0, 0.1) is 0 Å². The third kappa shape index (κ3) is 2.77. The zero-order valence-corrected chi connectivity index (χ0v) is 9.02. The molecule has 14 heavy (non-hydrogen) atoms. The van der Waals surface area contributed by atoms with Gasteiger partial charge in [0.15, 0.2) is 0 Å². The van der Waals surface area contributed by atoms with E-state index in [-0.39, 0.29) is 0 Å². The molecule has 0 saturated carbocycles. The molecule has 0 aliphatic heterocycles. The molecule has 0 heterocycles. The van der Waals surface area contributed by atoms with Crippen molar-refractivity contribution in [3.63, 3.8) is 0 Å². The highest BCUT2D eigenvalue weighted by Gasteiger charge is 2.02. The van der Waals surface area contributed by atoms with Crippen LogP contribution in [0.3, 0.4) is 0 Å². The van der Waals surface area contributed by atoms with E-state index in [9.17, 15) is 0 Å². The van der Waals surface area contributed by atoms with E-state index in [0.717, 1.165) is 0 Å². The van der Waals surface area contributed by atoms with Gasteiger partial charge in [-0.3, -0.25) is 10.4 Å². The summed E-state index contributed by atoms with van der Waals surface area (Å²) in [5.41, 5.74) is 3.03. The fourth-order valence-corrected chi connectivity index (χ4v) is 1.21. The fraction of sp³-hybridized carbons (Fsp3) is 0.125. The Labute approximate surface area is 92.1 Å². The van der Waals surface area contributed by atoms with Crippen molar-refractivity contribution in [1.29, 1.82) is 0 Å². The van der Waals surface area contributed by atoms with Crippen LogP contribution in [0.15, 0.2) is 23.2 Å². The van der Waals surface area contributed by atoms with Crippen LogP contribution in [0.4, 0.5) is 5.69 Å². The van der Waals surface area contributed by atoms with Crippen LogP contribution in [0.2, 0.25) is 10.0 Å². The molecular weight excluding hydrogens is 223 g/mol. The van der Waals surface area contributed by atoms with Crippen LogP contribution in [0.5, 0.6) is 0 Å². The molecule has 1 aromatic carbocycles. The number of rotatable bonds is 1. The molecule has 0 unspecified atom stereocenters. The number of hydrazine groups is 1. The van der Waals surface area contributed by atoms with E-state index in [0.29, 0.717) is 21.7 Å². The lowest BCUT2D eigenvalue weighted by atomic mass is 10.3. The third-order valence-electron chi connectivity index (χ3n) is 1.54. The molecule has 0 atom stereocenters. The van der Waals surface area contributed by atoms with Gasteiger partial charge in [-0.1, -0.05) is 23.2 Å². The third-order valence-corrected chi connectivity index (χ3v) is 2.11. The van der Waals surface area contributed by atoms with E-state index in [1.54, 1.807) is 25.2 Å². The second kappa shape index (κ2) is 5.05. The highest BCUT2D eigenvalue weighted by molar-refractivity contribution is 6.35. The Hall–Kier alpha value is -0.970. The maximum atomic E-state index is 5.91. The number of anilines is 1. The van der Waals surface area contributed by atoms with Gasteiger partial charge in [-0.15, -0.1) is 0 Å². The van der Waals surface area contributed by atoms with Gasteiger partial charge in [0, 0.05) is 12.1 Å². The first-order valence-corrected chi connectivity index (χ1v) is 4.58. The van der Waals surface area contributed by atoms with Crippen LogP contribution < -0.4 is 16.6 Å². The Kier molecular flexibility index (Phi) is 4.00. The molecule has 0 saturated heterocycles. The van der Waals surface area contributed by atoms with Gasteiger partial charge < -0.3 is 5.32 Å². The SMILES string of the molecule is CN=C(NN)Nc1cc(Cl)ccc1Cl. The molecule has 0 amide bonds. The summed E-state index contributed by atoms with van der Waals surface area (Å²) in [6.07, 6.45) is 0. The minimum atomic E-state index is 0.411. The van der Waals surface area contributed by atoms with Gasteiger partial charge in [0.1, 0.15) is 0 Å². The lowest BCUT2D eigenvalue weighted by Crippen LogP contribution is -2.36. The van der Waals surface area contributed by atoms with Gasteiger partial charge in [-0.25, -0.2) is 5.84 Å². The van der Waals surface area contributed by atoms with E-state index >= 15 is 0 Å². The van der Waals surface area contributed by atoms with E-state index in [1.165, 1.54) is 0 Å². The first-order chi connectivity index (χ1) is 6.67. The number of guanidine groups is 1. The molecule has 0 bridgehead atoms. The van der Waals surface area contributed by atoms with Gasteiger partial charge in [0.2, 0.25) is 5.96 Å². The van der Waals surface area contributed by atoms with Crippen LogP contribution in [0.1, 0.15) is 0 Å². The number of benzene rings is 1. The number of nitrogens with two attached hydrogens (primary N) is 1. The zero-order chi connectivity index (χ0) is 10.6. The van der Waals surface area contributed by atoms with Crippen LogP contribution in [-0.2, 0) is 0 Å². The first kappa shape index (κ1) is 11.1. The van der Waals surface area contributed by atoms with Gasteiger partial charge >= 0.3 is 0 Å². The van der Waals surface area contributed by atoms with Crippen molar-refractivity contribution in [3.8, 4) is 0 Å². The average Bonchev–Trinajstić information content (AvgIpc) is 2.19. The Morgan fingerprint density at radius 2 is 2.14 bits per heavy atom. The molecule has 0 spiro atoms. The molecule has 6 heteroatoms. The highest BCUT2D eigenvalue weighted by atomic mass is 35.5. The Morgan fingerprint density at radius 3 is 2.71 bits per heavy atom. The minimum Gasteiger partial charge on any atom is -0.324 e. The summed E-state index contributed by atoms with van der Waals surface area (Å²) in [5, 5.41) is 4.02. The number of hydrogen-bond acceptors (Lipinski definition) is 2. The summed E-state index contributed by atoms with van der Waals surface area (Å²) in [6.45, 7) is 0. The van der Waals surface area contributed by atoms with Gasteiger partial charge in [-0.2, -0.15) is 0 Å². The standard InChI is InChI=1S/C8H10Cl2N4/c1-12-8(14-11)13-7-4-5(9)2-3-6(7)10/h2-4H,11H2,1H3,(H2,12,13,14). The lowest BCUT2D eigenvalue weighted by Gasteiger charge is -2.09. The molecule has 0 radical (unpaired) electrons. The largest absolute Gasteiger partial charge is 0.324 e. The number of nitrogens with zero attached hydrogens (tertiary/aromatic N) is 1. The summed E-state index contributed by atoms with van der Waals surface area (Å²) in [5.74, 6) is 5.61. The van der Waals surface area contributed by atoms with Crippen LogP contribution in [-0.4, -0.2) is 13.0 Å². The maximum absolute atomic E-state index is 5.91. The lowest BCUT2D eigenvalue weighted by molar-refractivity contribution is 1.01. The number of halogens is 2. The summed E-state index contributed by atoms with van der Waals surface area (Å²) in [4.78, 5) is 3.84. The summed E-state index contributed by atoms with van der Waals surface area (Å²) < 4.78 is 0. The zero-order valence-electron chi connectivity index (χ0n) is 7.51. The van der Waals surface area contributed by atoms with E-state index in [4.69, 9.17) is 29.0 Å². The van der Waals surface area contributed by atoms with E-state index in [1.807, 2.05) is 0 Å². The molecule has 0 aromatic heterocycles. The van der Waals surface area contributed by atoms with Gasteiger partial charge in [0.05, 0.1) is 10.7 Å². The molecule has 0 aliphatic carbocycles. The van der Waals surface area contributed by atoms with Crippen molar-refractivity contribution in [1.82, 2.24) is 5.43 Å². The normalized spacial score (nSPS) is 11.3. The summed E-state index contributed by atoms with van der Waals surface area (Å²) in [6, 6.07) is 5.08. The summed E-state index contributed by atoms with van der Waals surface area (Å²) >= 11 is 11.7. The van der Waals surface area contributed by atoms with Gasteiger partial charge in [0.25, 0.3) is 0 Å². The second-order valence-electron chi connectivity index (χ2n) is 2.47. The predicted octanol–water partition coefficient (Wildman–Crippen LogP) is 1.85. The van der Waals surface area contributed by atoms with Crippen LogP contribution in [0.25, 0.3) is 0 Å². The Morgan fingerprint density at radius 1 is 1.43 bits per heavy atom. The molecule has 1 aromatic rings. The number of hydrogen-bond donors (Lipinski definition) is 3. The number of nitrogens with one attached hydrogen (secondary N) is 2. The quantitative estimate of drug-likeness (QED) is 0.300. The Bertz CT molecular complexity index is 351. The van der Waals surface area contributed by atoms with Crippen molar-refractivity contribution in [3.05, 3.63) is 28.2 Å². The highest BCUT2D eigenvalue weighted by Crippen LogP contribution is 2.25. The van der Waals surface area contributed by atoms with E-state index in [2.05, 4.69) is 15.7 Å². The topological polar surface area (TPSA) is 62.4 Å². The smallest absolute Gasteiger partial charge is 0.210 e. The van der Waals surface area contributed by atoms with Crippen molar-refractivity contribution in [2.45, 2.75) is 0 Å². The predicted molar refractivity (Wildman–Crippen MR) is 60.8 cm³/mol. The van der Waals surface area contributed by atoms with Crippen molar-refractivity contribution in [2.75, 3.05) is 12.4 Å². The molecule has 76 valence electrons. The number of aliphatic imine (C=N–C) groups is 1. The first-order valence-electron chi connectivity index (χ1n) is 3.83. The van der Waals surface area contributed by atoms with Crippen molar-refractivity contribution < 1.29 is 0 Å². The van der Waals surface area contributed by atoms with Crippen molar-refractivity contribution >= 4 is 34.8 Å². The van der Waals surface area contributed by atoms with Crippen LogP contribution >= 0.6 is 23.2 Å². The Balaban J connectivity index is 2.90. The monoisotopic (exact) mass is 232 g/mol. The maximum Gasteiger partial charge on any atom is 0.210 e. The van der Waals surface area contributed by atoms with Gasteiger partial charge in [-0.05, 0) is 18.2 Å². The molecule has 0 fully saturated rings. The summed E-state index contributed by atoms with van der Waals surface area (Å²) in [7, 11) is 1.60. The minimum absolute atomic E-state index is 0.411. The molecule has 1 rings (SSSR count). The molecule has 4 N–H and O–H groups in total. The molecular formula is C8H10Cl2N4. The average molecular weight is 233 g/mol. The fourth-order valence-electron chi connectivity index (χ4n) is 0.877. The molecule has 4 nitrogen and oxygen atoms in total. The van der Waals surface area contributed by atoms with E-state index < -0.39 is 0 Å². The second-order valence-corrected chi connectivity index (χ2v) is 3.31.